The zero-order chi connectivity index (χ0) is 13.0. The molecule has 0 radical (unpaired) electrons. The van der Waals surface area contributed by atoms with Gasteiger partial charge in [0, 0.05) is 6.54 Å². The highest BCUT2D eigenvalue weighted by Gasteiger charge is 2.09. The minimum Gasteiger partial charge on any atom is -0.395 e. The van der Waals surface area contributed by atoms with Crippen molar-refractivity contribution in [1.29, 1.82) is 0 Å². The zero-order valence-electron chi connectivity index (χ0n) is 9.83. The van der Waals surface area contributed by atoms with Crippen LogP contribution in [0.25, 0.3) is 10.8 Å². The second-order valence-electron chi connectivity index (χ2n) is 4.00. The quantitative estimate of drug-likeness (QED) is 0.855. The molecule has 0 spiro atoms. The van der Waals surface area contributed by atoms with Crippen molar-refractivity contribution in [3.63, 3.8) is 0 Å². The Labute approximate surface area is 106 Å². The Bertz CT molecular complexity index is 632. The molecule has 0 atom stereocenters. The third-order valence-corrected chi connectivity index (χ3v) is 4.03. The lowest BCUT2D eigenvalue weighted by atomic mass is 10.1. The normalized spacial score (nSPS) is 11.8. The van der Waals surface area contributed by atoms with E-state index in [0.29, 0.717) is 0 Å². The van der Waals surface area contributed by atoms with E-state index in [4.69, 9.17) is 5.11 Å². The van der Waals surface area contributed by atoms with Gasteiger partial charge in [0.15, 0.2) is 0 Å². The van der Waals surface area contributed by atoms with Gasteiger partial charge in [-0.25, -0.2) is 13.1 Å². The fourth-order valence-electron chi connectivity index (χ4n) is 1.83. The molecule has 96 valence electrons. The Hall–Kier alpha value is -1.43. The first-order valence-corrected chi connectivity index (χ1v) is 7.32. The van der Waals surface area contributed by atoms with Crippen LogP contribution < -0.4 is 4.72 Å². The summed E-state index contributed by atoms with van der Waals surface area (Å²) in [5.41, 5.74) is 0.926. The van der Waals surface area contributed by atoms with E-state index < -0.39 is 10.0 Å². The smallest absolute Gasteiger partial charge is 0.214 e. The molecule has 0 aromatic heterocycles. The molecule has 0 aliphatic rings. The lowest BCUT2D eigenvalue weighted by molar-refractivity contribution is 0.319. The van der Waals surface area contributed by atoms with Crippen molar-refractivity contribution < 1.29 is 13.5 Å². The summed E-state index contributed by atoms with van der Waals surface area (Å²) in [6.45, 7) is -0.130. The number of nitrogens with one attached hydrogen (secondary N) is 1. The maximum atomic E-state index is 11.5. The number of sulfonamides is 1. The zero-order valence-corrected chi connectivity index (χ0v) is 10.7. The van der Waals surface area contributed by atoms with Crippen molar-refractivity contribution in [3.8, 4) is 0 Å². The van der Waals surface area contributed by atoms with Crippen molar-refractivity contribution in [1.82, 2.24) is 4.72 Å². The topological polar surface area (TPSA) is 66.4 Å². The molecule has 0 unspecified atom stereocenters. The molecule has 2 aromatic carbocycles. The molecular weight excluding hydrogens is 250 g/mol. The van der Waals surface area contributed by atoms with Crippen molar-refractivity contribution in [2.45, 2.75) is 6.54 Å². The van der Waals surface area contributed by atoms with Crippen LogP contribution in [-0.4, -0.2) is 25.9 Å². The third kappa shape index (κ3) is 3.07. The van der Waals surface area contributed by atoms with E-state index in [1.807, 2.05) is 42.5 Å². The molecule has 0 saturated carbocycles. The summed E-state index contributed by atoms with van der Waals surface area (Å²) in [5, 5.41) is 10.8. The van der Waals surface area contributed by atoms with E-state index in [1.165, 1.54) is 0 Å². The van der Waals surface area contributed by atoms with Crippen molar-refractivity contribution >= 4 is 20.8 Å². The van der Waals surface area contributed by atoms with E-state index in [0.717, 1.165) is 16.3 Å². The molecule has 0 aliphatic heterocycles. The molecule has 18 heavy (non-hydrogen) atoms. The summed E-state index contributed by atoms with van der Waals surface area (Å²) >= 11 is 0. The van der Waals surface area contributed by atoms with Crippen LogP contribution in [-0.2, 0) is 16.6 Å². The van der Waals surface area contributed by atoms with Gasteiger partial charge in [-0.2, -0.15) is 0 Å². The second kappa shape index (κ2) is 5.48. The number of aliphatic hydroxyl groups excluding tert-OH is 1. The molecular formula is C13H15NO3S. The Morgan fingerprint density at radius 1 is 1.06 bits per heavy atom. The van der Waals surface area contributed by atoms with Crippen LogP contribution in [0.1, 0.15) is 5.56 Å². The van der Waals surface area contributed by atoms with E-state index in [-0.39, 0.29) is 18.9 Å². The summed E-state index contributed by atoms with van der Waals surface area (Å²) in [7, 11) is -3.40. The summed E-state index contributed by atoms with van der Waals surface area (Å²) < 4.78 is 25.4. The van der Waals surface area contributed by atoms with Gasteiger partial charge in [-0.1, -0.05) is 42.5 Å². The van der Waals surface area contributed by atoms with Gasteiger partial charge >= 0.3 is 0 Å². The fourth-order valence-corrected chi connectivity index (χ4v) is 2.59. The molecule has 2 aromatic rings. The minimum atomic E-state index is -3.40. The second-order valence-corrected chi connectivity index (χ2v) is 5.93. The number of benzene rings is 2. The molecule has 0 fully saturated rings. The summed E-state index contributed by atoms with van der Waals surface area (Å²) in [6, 6.07) is 13.6. The van der Waals surface area contributed by atoms with Gasteiger partial charge in [0.05, 0.1) is 12.4 Å². The summed E-state index contributed by atoms with van der Waals surface area (Å²) in [6.07, 6.45) is 0. The molecule has 2 rings (SSSR count). The number of aliphatic hydroxyl groups is 1. The molecule has 0 saturated heterocycles. The lowest BCUT2D eigenvalue weighted by Gasteiger charge is -2.08. The molecule has 0 bridgehead atoms. The first-order chi connectivity index (χ1) is 8.62. The van der Waals surface area contributed by atoms with E-state index in [1.54, 1.807) is 0 Å². The van der Waals surface area contributed by atoms with Gasteiger partial charge in [0.1, 0.15) is 0 Å². The maximum absolute atomic E-state index is 11.5. The van der Waals surface area contributed by atoms with Crippen LogP contribution >= 0.6 is 0 Å². The van der Waals surface area contributed by atoms with Gasteiger partial charge in [-0.05, 0) is 16.3 Å². The Morgan fingerprint density at radius 2 is 1.78 bits per heavy atom. The number of hydrogen-bond donors (Lipinski definition) is 2. The largest absolute Gasteiger partial charge is 0.395 e. The van der Waals surface area contributed by atoms with Crippen molar-refractivity contribution in [2.75, 3.05) is 12.4 Å². The fraction of sp³-hybridized carbons (Fsp3) is 0.231. The van der Waals surface area contributed by atoms with Gasteiger partial charge < -0.3 is 5.11 Å². The summed E-state index contributed by atoms with van der Waals surface area (Å²) in [4.78, 5) is 0. The predicted molar refractivity (Wildman–Crippen MR) is 71.7 cm³/mol. The van der Waals surface area contributed by atoms with Crippen LogP contribution in [0.4, 0.5) is 0 Å². The highest BCUT2D eigenvalue weighted by atomic mass is 32.2. The van der Waals surface area contributed by atoms with Gasteiger partial charge in [-0.3, -0.25) is 0 Å². The Morgan fingerprint density at radius 3 is 2.56 bits per heavy atom. The predicted octanol–water partition coefficient (Wildman–Crippen LogP) is 1.25. The minimum absolute atomic E-state index is 0.240. The average molecular weight is 265 g/mol. The van der Waals surface area contributed by atoms with Crippen LogP contribution in [0.2, 0.25) is 0 Å². The Balaban J connectivity index is 2.22. The Kier molecular flexibility index (Phi) is 3.96. The SMILES string of the molecule is O=S(=O)(CCO)NCc1cccc2ccccc12. The van der Waals surface area contributed by atoms with Crippen molar-refractivity contribution in [2.24, 2.45) is 0 Å². The highest BCUT2D eigenvalue weighted by Crippen LogP contribution is 2.18. The van der Waals surface area contributed by atoms with Crippen LogP contribution in [0, 0.1) is 0 Å². The van der Waals surface area contributed by atoms with E-state index in [9.17, 15) is 8.42 Å². The monoisotopic (exact) mass is 265 g/mol. The van der Waals surface area contributed by atoms with Crippen LogP contribution in [0.3, 0.4) is 0 Å². The first-order valence-electron chi connectivity index (χ1n) is 5.67. The number of hydrogen-bond acceptors (Lipinski definition) is 3. The lowest BCUT2D eigenvalue weighted by Crippen LogP contribution is -2.27. The maximum Gasteiger partial charge on any atom is 0.214 e. The highest BCUT2D eigenvalue weighted by molar-refractivity contribution is 7.89. The molecule has 0 heterocycles. The third-order valence-electron chi connectivity index (χ3n) is 2.72. The average Bonchev–Trinajstić information content (AvgIpc) is 2.36. The molecule has 2 N–H and O–H groups in total. The van der Waals surface area contributed by atoms with Crippen LogP contribution in [0.5, 0.6) is 0 Å². The van der Waals surface area contributed by atoms with Crippen molar-refractivity contribution in [3.05, 3.63) is 48.0 Å². The van der Waals surface area contributed by atoms with Gasteiger partial charge in [0.2, 0.25) is 10.0 Å². The van der Waals surface area contributed by atoms with E-state index >= 15 is 0 Å². The molecule has 0 amide bonds. The van der Waals surface area contributed by atoms with Crippen LogP contribution in [0.15, 0.2) is 42.5 Å². The van der Waals surface area contributed by atoms with E-state index in [2.05, 4.69) is 4.72 Å². The van der Waals surface area contributed by atoms with Gasteiger partial charge in [-0.15, -0.1) is 0 Å². The first kappa shape index (κ1) is 13.0. The molecule has 0 aliphatic carbocycles. The molecule has 5 heteroatoms. The van der Waals surface area contributed by atoms with Gasteiger partial charge in [0.25, 0.3) is 0 Å². The summed E-state index contributed by atoms with van der Waals surface area (Å²) in [5.74, 6) is -0.266. The number of fused-ring (bicyclic) bond motifs is 1. The number of rotatable bonds is 5. The standard InChI is InChI=1S/C13H15NO3S/c15-8-9-18(16,17)14-10-12-6-3-5-11-4-1-2-7-13(11)12/h1-7,14-15H,8-10H2. The molecule has 4 nitrogen and oxygen atoms in total.